The minimum Gasteiger partial charge on any atom is -0.466 e. The SMILES string of the molecule is CC(=O)[C@H]1C[C@@H](CCOC(=O)CCCCC(=O)OCC[C@@H]2C[C@H](C(C)=O)C2(C)C)C1(C)C. The van der Waals surface area contributed by atoms with Gasteiger partial charge in [-0.2, -0.15) is 0 Å². The number of unbranched alkanes of at least 4 members (excludes halogenated alkanes) is 1. The van der Waals surface area contributed by atoms with E-state index in [1.807, 2.05) is 0 Å². The summed E-state index contributed by atoms with van der Waals surface area (Å²) in [7, 11) is 0. The van der Waals surface area contributed by atoms with E-state index in [1.165, 1.54) is 0 Å². The maximum atomic E-state index is 11.9. The Kier molecular flexibility index (Phi) is 9.06. The van der Waals surface area contributed by atoms with Gasteiger partial charge < -0.3 is 9.47 Å². The molecule has 6 nitrogen and oxygen atoms in total. The van der Waals surface area contributed by atoms with Crippen molar-refractivity contribution < 1.29 is 28.7 Å². The van der Waals surface area contributed by atoms with Gasteiger partial charge in [-0.1, -0.05) is 27.7 Å². The van der Waals surface area contributed by atoms with Gasteiger partial charge in [-0.05, 0) is 75.0 Å². The third-order valence-electron chi connectivity index (χ3n) is 8.39. The van der Waals surface area contributed by atoms with Crippen LogP contribution in [0.5, 0.6) is 0 Å². The van der Waals surface area contributed by atoms with Gasteiger partial charge in [0, 0.05) is 24.7 Å². The van der Waals surface area contributed by atoms with Crippen molar-refractivity contribution in [1.82, 2.24) is 0 Å². The predicted molar refractivity (Wildman–Crippen MR) is 122 cm³/mol. The van der Waals surface area contributed by atoms with Gasteiger partial charge in [-0.25, -0.2) is 0 Å². The molecule has 0 bridgehead atoms. The van der Waals surface area contributed by atoms with Crippen LogP contribution in [0, 0.1) is 34.5 Å². The summed E-state index contributed by atoms with van der Waals surface area (Å²) in [5, 5.41) is 0. The minimum atomic E-state index is -0.231. The van der Waals surface area contributed by atoms with Crippen molar-refractivity contribution in [3.05, 3.63) is 0 Å². The van der Waals surface area contributed by atoms with Crippen LogP contribution in [-0.4, -0.2) is 36.7 Å². The standard InChI is InChI=1S/C26H42O6/c1-17(27)21-15-19(25(21,3)4)11-13-31-23(29)9-7-8-10-24(30)32-14-12-20-16-22(18(2)28)26(20,5)6/h19-22H,7-16H2,1-6H3/t19-,20-,21-,22-/m1/s1. The Balaban J connectivity index is 1.48. The molecule has 2 aliphatic carbocycles. The molecule has 0 N–H and O–H groups in total. The van der Waals surface area contributed by atoms with Gasteiger partial charge >= 0.3 is 11.9 Å². The Morgan fingerprint density at radius 3 is 1.31 bits per heavy atom. The molecule has 0 saturated heterocycles. The maximum absolute atomic E-state index is 11.9. The Morgan fingerprint density at radius 1 is 0.688 bits per heavy atom. The molecule has 0 aromatic heterocycles. The van der Waals surface area contributed by atoms with Crippen LogP contribution in [0.15, 0.2) is 0 Å². The first-order valence-electron chi connectivity index (χ1n) is 12.2. The minimum absolute atomic E-state index is 0.0118. The van der Waals surface area contributed by atoms with E-state index in [9.17, 15) is 19.2 Å². The molecule has 0 aromatic carbocycles. The summed E-state index contributed by atoms with van der Waals surface area (Å²) in [6.45, 7) is 12.5. The molecule has 4 atom stereocenters. The van der Waals surface area contributed by atoms with E-state index in [0.29, 0.717) is 50.7 Å². The zero-order valence-corrected chi connectivity index (χ0v) is 20.8. The molecule has 0 radical (unpaired) electrons. The second-order valence-corrected chi connectivity index (χ2v) is 11.1. The summed E-state index contributed by atoms with van der Waals surface area (Å²) in [5.41, 5.74) is -0.0236. The number of ketones is 2. The topological polar surface area (TPSA) is 86.7 Å². The number of carbonyl (C=O) groups is 4. The van der Waals surface area contributed by atoms with Crippen LogP contribution in [0.4, 0.5) is 0 Å². The number of rotatable bonds is 13. The average Bonchev–Trinajstić information content (AvgIpc) is 2.68. The molecule has 2 saturated carbocycles. The molecule has 0 amide bonds. The first kappa shape index (κ1) is 26.5. The fourth-order valence-corrected chi connectivity index (χ4v) is 5.70. The van der Waals surface area contributed by atoms with Crippen LogP contribution in [0.2, 0.25) is 0 Å². The van der Waals surface area contributed by atoms with Gasteiger partial charge in [-0.3, -0.25) is 19.2 Å². The van der Waals surface area contributed by atoms with Crippen LogP contribution in [0.1, 0.15) is 92.9 Å². The Labute approximate surface area is 193 Å². The molecule has 182 valence electrons. The molecule has 0 aromatic rings. The second-order valence-electron chi connectivity index (χ2n) is 11.1. The van der Waals surface area contributed by atoms with Crippen molar-refractivity contribution in [1.29, 1.82) is 0 Å². The van der Waals surface area contributed by atoms with E-state index >= 15 is 0 Å². The van der Waals surface area contributed by atoms with Gasteiger partial charge in [-0.15, -0.1) is 0 Å². The first-order chi connectivity index (χ1) is 14.9. The van der Waals surface area contributed by atoms with Crippen molar-refractivity contribution in [3.63, 3.8) is 0 Å². The number of hydrogen-bond donors (Lipinski definition) is 0. The zero-order valence-electron chi connectivity index (χ0n) is 20.8. The van der Waals surface area contributed by atoms with Gasteiger partial charge in [0.2, 0.25) is 0 Å². The smallest absolute Gasteiger partial charge is 0.305 e. The Bertz CT molecular complexity index is 647. The summed E-state index contributed by atoms with van der Waals surface area (Å²) in [6, 6.07) is 0. The summed E-state index contributed by atoms with van der Waals surface area (Å²) in [4.78, 5) is 47.0. The van der Waals surface area contributed by atoms with Crippen LogP contribution >= 0.6 is 0 Å². The molecule has 0 heterocycles. The van der Waals surface area contributed by atoms with Crippen molar-refractivity contribution in [2.24, 2.45) is 34.5 Å². The number of hydrogen-bond acceptors (Lipinski definition) is 6. The predicted octanol–water partition coefficient (Wildman–Crippen LogP) is 4.92. The molecule has 2 fully saturated rings. The van der Waals surface area contributed by atoms with Crippen LogP contribution < -0.4 is 0 Å². The normalized spacial score (nSPS) is 27.6. The first-order valence-corrected chi connectivity index (χ1v) is 12.2. The van der Waals surface area contributed by atoms with Crippen LogP contribution in [0.25, 0.3) is 0 Å². The maximum Gasteiger partial charge on any atom is 0.305 e. The van der Waals surface area contributed by atoms with Crippen LogP contribution in [0.3, 0.4) is 0 Å². The quantitative estimate of drug-likeness (QED) is 0.292. The van der Waals surface area contributed by atoms with Crippen molar-refractivity contribution in [3.8, 4) is 0 Å². The number of esters is 2. The lowest BCUT2D eigenvalue weighted by molar-refractivity contribution is -0.149. The zero-order chi connectivity index (χ0) is 24.1. The lowest BCUT2D eigenvalue weighted by Crippen LogP contribution is -2.48. The fraction of sp³-hybridized carbons (Fsp3) is 0.846. The fourth-order valence-electron chi connectivity index (χ4n) is 5.70. The van der Waals surface area contributed by atoms with E-state index in [-0.39, 0.29) is 46.2 Å². The van der Waals surface area contributed by atoms with Crippen molar-refractivity contribution >= 4 is 23.5 Å². The highest BCUT2D eigenvalue weighted by Crippen LogP contribution is 2.53. The Morgan fingerprint density at radius 2 is 1.03 bits per heavy atom. The van der Waals surface area contributed by atoms with E-state index in [4.69, 9.17) is 9.47 Å². The number of Topliss-reactive ketones (excluding diaryl/α,β-unsaturated/α-hetero) is 2. The van der Waals surface area contributed by atoms with Crippen LogP contribution in [-0.2, 0) is 28.7 Å². The molecule has 0 unspecified atom stereocenters. The number of ether oxygens (including phenoxy) is 2. The summed E-state index contributed by atoms with van der Waals surface area (Å²) in [5.74, 6) is 1.11. The molecular formula is C26H42O6. The Hall–Kier alpha value is -1.72. The van der Waals surface area contributed by atoms with Gasteiger partial charge in [0.05, 0.1) is 13.2 Å². The third-order valence-corrected chi connectivity index (χ3v) is 8.39. The molecular weight excluding hydrogens is 408 g/mol. The molecule has 2 rings (SSSR count). The molecule has 6 heteroatoms. The van der Waals surface area contributed by atoms with E-state index < -0.39 is 0 Å². The largest absolute Gasteiger partial charge is 0.466 e. The van der Waals surface area contributed by atoms with Gasteiger partial charge in [0.1, 0.15) is 11.6 Å². The van der Waals surface area contributed by atoms with Crippen molar-refractivity contribution in [2.45, 2.75) is 92.9 Å². The summed E-state index contributed by atoms with van der Waals surface area (Å²) < 4.78 is 10.7. The molecule has 32 heavy (non-hydrogen) atoms. The molecule has 0 aliphatic heterocycles. The highest BCUT2D eigenvalue weighted by atomic mass is 16.5. The lowest BCUT2D eigenvalue weighted by Gasteiger charge is -2.51. The monoisotopic (exact) mass is 450 g/mol. The van der Waals surface area contributed by atoms with Gasteiger partial charge in [0.25, 0.3) is 0 Å². The highest BCUT2D eigenvalue weighted by molar-refractivity contribution is 5.80. The van der Waals surface area contributed by atoms with E-state index in [1.54, 1.807) is 13.8 Å². The third kappa shape index (κ3) is 6.41. The summed E-state index contributed by atoms with van der Waals surface area (Å²) >= 11 is 0. The average molecular weight is 451 g/mol. The van der Waals surface area contributed by atoms with Crippen molar-refractivity contribution in [2.75, 3.05) is 13.2 Å². The molecule has 2 aliphatic rings. The second kappa shape index (κ2) is 10.9. The van der Waals surface area contributed by atoms with Gasteiger partial charge in [0.15, 0.2) is 0 Å². The number of carbonyl (C=O) groups excluding carboxylic acids is 4. The van der Waals surface area contributed by atoms with E-state index in [2.05, 4.69) is 27.7 Å². The molecule has 0 spiro atoms. The van der Waals surface area contributed by atoms with E-state index in [0.717, 1.165) is 25.7 Å². The summed E-state index contributed by atoms with van der Waals surface area (Å²) in [6.07, 6.45) is 5.17. The highest BCUT2D eigenvalue weighted by Gasteiger charge is 2.50. The lowest BCUT2D eigenvalue weighted by atomic mass is 9.53.